The molecule has 3 nitrogen and oxygen atoms in total. The Bertz CT molecular complexity index is 425. The van der Waals surface area contributed by atoms with Gasteiger partial charge in [0, 0.05) is 31.2 Å². The van der Waals surface area contributed by atoms with Gasteiger partial charge in [0.25, 0.3) is 0 Å². The van der Waals surface area contributed by atoms with Crippen molar-refractivity contribution in [2.75, 3.05) is 11.4 Å². The summed E-state index contributed by atoms with van der Waals surface area (Å²) >= 11 is 0. The fraction of sp³-hybridized carbons (Fsp3) is 0.562. The van der Waals surface area contributed by atoms with Crippen molar-refractivity contribution in [1.29, 1.82) is 0 Å². The zero-order valence-corrected chi connectivity index (χ0v) is 12.1. The van der Waals surface area contributed by atoms with E-state index in [0.29, 0.717) is 18.4 Å². The summed E-state index contributed by atoms with van der Waals surface area (Å²) in [6.07, 6.45) is 1.67. The van der Waals surface area contributed by atoms with E-state index in [1.807, 2.05) is 4.90 Å². The quantitative estimate of drug-likeness (QED) is 0.883. The van der Waals surface area contributed by atoms with Gasteiger partial charge in [0.2, 0.25) is 5.91 Å². The van der Waals surface area contributed by atoms with Gasteiger partial charge in [0.15, 0.2) is 0 Å². The topological polar surface area (TPSA) is 32.3 Å². The molecule has 1 unspecified atom stereocenters. The van der Waals surface area contributed by atoms with Crippen molar-refractivity contribution in [3.63, 3.8) is 0 Å². The summed E-state index contributed by atoms with van der Waals surface area (Å²) in [5.74, 6) is 0.890. The molecule has 1 N–H and O–H groups in total. The smallest absolute Gasteiger partial charge is 0.227 e. The molecule has 104 valence electrons. The number of hydrogen-bond donors (Lipinski definition) is 1. The van der Waals surface area contributed by atoms with Gasteiger partial charge < -0.3 is 10.2 Å². The van der Waals surface area contributed by atoms with Gasteiger partial charge in [-0.15, -0.1) is 0 Å². The third-order valence-electron chi connectivity index (χ3n) is 3.95. The second-order valence-electron chi connectivity index (χ2n) is 5.73. The number of hydrogen-bond acceptors (Lipinski definition) is 2. The van der Waals surface area contributed by atoms with E-state index in [-0.39, 0.29) is 5.91 Å². The van der Waals surface area contributed by atoms with Crippen molar-refractivity contribution in [2.45, 2.75) is 46.2 Å². The van der Waals surface area contributed by atoms with Crippen molar-refractivity contribution in [2.24, 2.45) is 5.92 Å². The Hall–Kier alpha value is -1.35. The Morgan fingerprint density at radius 3 is 2.42 bits per heavy atom. The largest absolute Gasteiger partial charge is 0.312 e. The molecular formula is C16H24N2O. The second-order valence-corrected chi connectivity index (χ2v) is 5.73. The van der Waals surface area contributed by atoms with Gasteiger partial charge in [-0.3, -0.25) is 4.79 Å². The molecule has 1 atom stereocenters. The molecule has 0 radical (unpaired) electrons. The summed E-state index contributed by atoms with van der Waals surface area (Å²) in [5.41, 5.74) is 2.30. The summed E-state index contributed by atoms with van der Waals surface area (Å²) in [4.78, 5) is 13.5. The fourth-order valence-electron chi connectivity index (χ4n) is 2.23. The zero-order valence-electron chi connectivity index (χ0n) is 12.1. The van der Waals surface area contributed by atoms with Crippen LogP contribution >= 0.6 is 0 Å². The summed E-state index contributed by atoms with van der Waals surface area (Å²) in [5, 5.41) is 3.52. The first-order chi connectivity index (χ1) is 9.08. The van der Waals surface area contributed by atoms with Crippen LogP contribution in [-0.4, -0.2) is 18.5 Å². The number of anilines is 1. The molecule has 1 fully saturated rings. The second kappa shape index (κ2) is 6.20. The van der Waals surface area contributed by atoms with Crippen LogP contribution in [0.5, 0.6) is 0 Å². The Morgan fingerprint density at radius 2 is 1.89 bits per heavy atom. The van der Waals surface area contributed by atoms with E-state index in [0.717, 1.165) is 25.2 Å². The van der Waals surface area contributed by atoms with E-state index < -0.39 is 0 Å². The van der Waals surface area contributed by atoms with Gasteiger partial charge in [-0.05, 0) is 37.0 Å². The van der Waals surface area contributed by atoms with E-state index >= 15 is 0 Å². The highest BCUT2D eigenvalue weighted by Gasteiger charge is 2.21. The summed E-state index contributed by atoms with van der Waals surface area (Å²) in [6.45, 7) is 8.40. The molecule has 1 aliphatic heterocycles. The SMILES string of the molecule is CC(C)C(C)NCc1ccc(N2CCCC2=O)cc1. The minimum atomic E-state index is 0.249. The molecule has 1 saturated heterocycles. The van der Waals surface area contributed by atoms with Gasteiger partial charge in [-0.1, -0.05) is 26.0 Å². The fourth-order valence-corrected chi connectivity index (χ4v) is 2.23. The van der Waals surface area contributed by atoms with E-state index in [4.69, 9.17) is 0 Å². The number of carbonyl (C=O) groups is 1. The molecule has 0 bridgehead atoms. The van der Waals surface area contributed by atoms with Crippen LogP contribution in [0.4, 0.5) is 5.69 Å². The number of rotatable bonds is 5. The summed E-state index contributed by atoms with van der Waals surface area (Å²) in [6, 6.07) is 8.85. The predicted molar refractivity (Wildman–Crippen MR) is 79.2 cm³/mol. The van der Waals surface area contributed by atoms with Gasteiger partial charge in [-0.25, -0.2) is 0 Å². The van der Waals surface area contributed by atoms with Gasteiger partial charge >= 0.3 is 0 Å². The predicted octanol–water partition coefficient (Wildman–Crippen LogP) is 2.95. The molecule has 0 saturated carbocycles. The van der Waals surface area contributed by atoms with E-state index in [1.165, 1.54) is 5.56 Å². The molecule has 1 aliphatic rings. The van der Waals surface area contributed by atoms with Crippen LogP contribution in [0.2, 0.25) is 0 Å². The average Bonchev–Trinajstić information content (AvgIpc) is 2.82. The van der Waals surface area contributed by atoms with Gasteiger partial charge in [-0.2, -0.15) is 0 Å². The van der Waals surface area contributed by atoms with Crippen molar-refractivity contribution >= 4 is 11.6 Å². The molecule has 0 spiro atoms. The molecule has 0 aliphatic carbocycles. The molecule has 2 rings (SSSR count). The van der Waals surface area contributed by atoms with Crippen LogP contribution in [0.1, 0.15) is 39.2 Å². The van der Waals surface area contributed by atoms with Crippen LogP contribution in [0.15, 0.2) is 24.3 Å². The third-order valence-corrected chi connectivity index (χ3v) is 3.95. The first-order valence-electron chi connectivity index (χ1n) is 7.20. The van der Waals surface area contributed by atoms with Crippen LogP contribution in [-0.2, 0) is 11.3 Å². The van der Waals surface area contributed by atoms with Crippen molar-refractivity contribution < 1.29 is 4.79 Å². The molecule has 19 heavy (non-hydrogen) atoms. The maximum absolute atomic E-state index is 11.7. The number of nitrogens with one attached hydrogen (secondary N) is 1. The molecule has 0 aromatic heterocycles. The number of amides is 1. The Morgan fingerprint density at radius 1 is 1.21 bits per heavy atom. The molecule has 1 aromatic rings. The molecule has 1 aromatic carbocycles. The number of benzene rings is 1. The highest BCUT2D eigenvalue weighted by Crippen LogP contribution is 2.21. The van der Waals surface area contributed by atoms with Gasteiger partial charge in [0.1, 0.15) is 0 Å². The lowest BCUT2D eigenvalue weighted by Crippen LogP contribution is -2.30. The number of nitrogens with zero attached hydrogens (tertiary/aromatic N) is 1. The molecular weight excluding hydrogens is 236 g/mol. The highest BCUT2D eigenvalue weighted by molar-refractivity contribution is 5.95. The lowest BCUT2D eigenvalue weighted by atomic mass is 10.1. The standard InChI is InChI=1S/C16H24N2O/c1-12(2)13(3)17-11-14-6-8-15(9-7-14)18-10-4-5-16(18)19/h6-9,12-13,17H,4-5,10-11H2,1-3H3. The molecule has 3 heteroatoms. The first-order valence-corrected chi connectivity index (χ1v) is 7.20. The van der Waals surface area contributed by atoms with Gasteiger partial charge in [0.05, 0.1) is 0 Å². The molecule has 1 heterocycles. The van der Waals surface area contributed by atoms with E-state index in [9.17, 15) is 4.79 Å². The minimum absolute atomic E-state index is 0.249. The maximum Gasteiger partial charge on any atom is 0.227 e. The van der Waals surface area contributed by atoms with Crippen molar-refractivity contribution in [1.82, 2.24) is 5.32 Å². The lowest BCUT2D eigenvalue weighted by molar-refractivity contribution is -0.117. The maximum atomic E-state index is 11.7. The monoisotopic (exact) mass is 260 g/mol. The minimum Gasteiger partial charge on any atom is -0.312 e. The highest BCUT2D eigenvalue weighted by atomic mass is 16.2. The average molecular weight is 260 g/mol. The number of carbonyl (C=O) groups excluding carboxylic acids is 1. The van der Waals surface area contributed by atoms with Crippen molar-refractivity contribution in [3.05, 3.63) is 29.8 Å². The van der Waals surface area contributed by atoms with E-state index in [1.54, 1.807) is 0 Å². The lowest BCUT2D eigenvalue weighted by Gasteiger charge is -2.18. The Balaban J connectivity index is 1.93. The normalized spacial score (nSPS) is 17.3. The third kappa shape index (κ3) is 3.57. The van der Waals surface area contributed by atoms with Crippen molar-refractivity contribution in [3.8, 4) is 0 Å². The first kappa shape index (κ1) is 14.1. The Kier molecular flexibility index (Phi) is 4.59. The molecule has 1 amide bonds. The van der Waals surface area contributed by atoms with Crippen LogP contribution in [0, 0.1) is 5.92 Å². The van der Waals surface area contributed by atoms with Crippen LogP contribution < -0.4 is 10.2 Å². The summed E-state index contributed by atoms with van der Waals surface area (Å²) < 4.78 is 0. The van der Waals surface area contributed by atoms with Crippen LogP contribution in [0.25, 0.3) is 0 Å². The van der Waals surface area contributed by atoms with Crippen LogP contribution in [0.3, 0.4) is 0 Å². The van der Waals surface area contributed by atoms with E-state index in [2.05, 4.69) is 50.4 Å². The summed E-state index contributed by atoms with van der Waals surface area (Å²) in [7, 11) is 0. The zero-order chi connectivity index (χ0) is 13.8. The Labute approximate surface area is 116 Å².